The van der Waals surface area contributed by atoms with Gasteiger partial charge in [-0.1, -0.05) is 12.1 Å². The molecule has 5 heteroatoms. The first-order valence-corrected chi connectivity index (χ1v) is 8.65. The molecule has 1 aromatic rings. The Bertz CT molecular complexity index is 775. The van der Waals surface area contributed by atoms with Crippen molar-refractivity contribution < 1.29 is 19.7 Å². The normalized spacial score (nSPS) is 39.3. The molecular formula is C19H21NO4. The molecular weight excluding hydrogens is 306 g/mol. The second-order valence-corrected chi connectivity index (χ2v) is 7.56. The zero-order valence-electron chi connectivity index (χ0n) is 13.5. The molecule has 0 radical (unpaired) electrons. The lowest BCUT2D eigenvalue weighted by Gasteiger charge is -2.62. The van der Waals surface area contributed by atoms with E-state index in [9.17, 15) is 15.0 Å². The van der Waals surface area contributed by atoms with Gasteiger partial charge in [-0.2, -0.15) is 0 Å². The molecule has 4 atom stereocenters. The number of ketones is 1. The van der Waals surface area contributed by atoms with E-state index in [1.165, 1.54) is 0 Å². The smallest absolute Gasteiger partial charge is 0.174 e. The van der Waals surface area contributed by atoms with Crippen molar-refractivity contribution in [3.63, 3.8) is 0 Å². The largest absolute Gasteiger partial charge is 0.504 e. The average Bonchev–Trinajstić information content (AvgIpc) is 2.91. The molecule has 5 rings (SSSR count). The molecule has 4 aliphatic rings. The number of carbonyl (C=O) groups is 1. The zero-order chi connectivity index (χ0) is 16.7. The molecule has 1 aromatic carbocycles. The Hall–Kier alpha value is -1.85. The van der Waals surface area contributed by atoms with Crippen LogP contribution in [0.2, 0.25) is 0 Å². The van der Waals surface area contributed by atoms with E-state index in [2.05, 4.69) is 11.5 Å². The summed E-state index contributed by atoms with van der Waals surface area (Å²) in [4.78, 5) is 14.9. The number of piperidine rings is 1. The number of likely N-dealkylation sites (tertiary alicyclic amines) is 1. The van der Waals surface area contributed by atoms with Crippen LogP contribution in [-0.2, 0) is 16.6 Å². The van der Waals surface area contributed by atoms with E-state index in [4.69, 9.17) is 4.74 Å². The van der Waals surface area contributed by atoms with Gasteiger partial charge in [0.05, 0.1) is 11.0 Å². The predicted molar refractivity (Wildman–Crippen MR) is 87.3 cm³/mol. The summed E-state index contributed by atoms with van der Waals surface area (Å²) < 4.78 is 5.98. The average molecular weight is 327 g/mol. The number of ether oxygens (including phenoxy) is 1. The standard InChI is InChI=1S/C19H21NO4/c1-2-8-20-9-7-18-15-11-3-4-12(21)16(15)24-17(18)13(22)5-6-19(18,23)14(20)10-11/h2-4,14,17,21,23H,1,5-10H2/t14-,17+,18+,19+/m0/s1. The zero-order valence-corrected chi connectivity index (χ0v) is 13.5. The Morgan fingerprint density at radius 3 is 3.04 bits per heavy atom. The molecule has 0 aromatic heterocycles. The fraction of sp³-hybridized carbons (Fsp3) is 0.526. The van der Waals surface area contributed by atoms with Crippen LogP contribution in [0.1, 0.15) is 30.4 Å². The highest BCUT2D eigenvalue weighted by Crippen LogP contribution is 2.64. The second kappa shape index (κ2) is 4.41. The fourth-order valence-electron chi connectivity index (χ4n) is 5.80. The van der Waals surface area contributed by atoms with Gasteiger partial charge < -0.3 is 14.9 Å². The molecule has 0 amide bonds. The summed E-state index contributed by atoms with van der Waals surface area (Å²) in [6.45, 7) is 5.36. The Kier molecular flexibility index (Phi) is 2.66. The number of phenols is 1. The van der Waals surface area contributed by atoms with Crippen molar-refractivity contribution in [1.82, 2.24) is 4.90 Å². The van der Waals surface area contributed by atoms with Gasteiger partial charge in [-0.25, -0.2) is 0 Å². The minimum atomic E-state index is -1.00. The maximum Gasteiger partial charge on any atom is 0.174 e. The monoisotopic (exact) mass is 327 g/mol. The number of phenolic OH excluding ortho intramolecular Hbond substituents is 1. The fourth-order valence-corrected chi connectivity index (χ4v) is 5.80. The van der Waals surface area contributed by atoms with E-state index in [1.54, 1.807) is 6.07 Å². The van der Waals surface area contributed by atoms with E-state index in [0.717, 1.165) is 24.2 Å². The van der Waals surface area contributed by atoms with Gasteiger partial charge in [0.2, 0.25) is 0 Å². The van der Waals surface area contributed by atoms with Crippen molar-refractivity contribution in [1.29, 1.82) is 0 Å². The lowest BCUT2D eigenvalue weighted by Crippen LogP contribution is -2.76. The van der Waals surface area contributed by atoms with Crippen LogP contribution in [0.4, 0.5) is 0 Å². The molecule has 24 heavy (non-hydrogen) atoms. The van der Waals surface area contributed by atoms with Crippen LogP contribution < -0.4 is 4.74 Å². The molecule has 5 nitrogen and oxygen atoms in total. The first-order valence-electron chi connectivity index (χ1n) is 8.65. The number of hydrogen-bond acceptors (Lipinski definition) is 5. The van der Waals surface area contributed by atoms with Crippen LogP contribution in [0, 0.1) is 0 Å². The number of Topliss-reactive ketones (excluding diaryl/α,β-unsaturated/α-hetero) is 1. The molecule has 0 unspecified atom stereocenters. The summed E-state index contributed by atoms with van der Waals surface area (Å²) >= 11 is 0. The lowest BCUT2D eigenvalue weighted by molar-refractivity contribution is -0.187. The molecule has 2 aliphatic heterocycles. The van der Waals surface area contributed by atoms with Gasteiger partial charge in [0.15, 0.2) is 23.4 Å². The van der Waals surface area contributed by atoms with Gasteiger partial charge in [-0.3, -0.25) is 9.69 Å². The van der Waals surface area contributed by atoms with Crippen molar-refractivity contribution in [3.05, 3.63) is 35.9 Å². The highest BCUT2D eigenvalue weighted by molar-refractivity contribution is 5.90. The van der Waals surface area contributed by atoms with Crippen LogP contribution in [0.25, 0.3) is 0 Å². The van der Waals surface area contributed by atoms with Crippen molar-refractivity contribution in [2.75, 3.05) is 13.1 Å². The van der Waals surface area contributed by atoms with Crippen molar-refractivity contribution >= 4 is 5.78 Å². The first-order chi connectivity index (χ1) is 11.5. The molecule has 1 saturated carbocycles. The van der Waals surface area contributed by atoms with Crippen LogP contribution >= 0.6 is 0 Å². The molecule has 2 heterocycles. The van der Waals surface area contributed by atoms with E-state index in [1.807, 2.05) is 12.1 Å². The van der Waals surface area contributed by atoms with E-state index in [-0.39, 0.29) is 17.6 Å². The van der Waals surface area contributed by atoms with Crippen LogP contribution in [0.15, 0.2) is 24.8 Å². The van der Waals surface area contributed by atoms with Crippen LogP contribution in [-0.4, -0.2) is 51.7 Å². The predicted octanol–water partition coefficient (Wildman–Crippen LogP) is 1.30. The van der Waals surface area contributed by atoms with Gasteiger partial charge in [0.1, 0.15) is 0 Å². The minimum Gasteiger partial charge on any atom is -0.504 e. The first kappa shape index (κ1) is 14.5. The summed E-state index contributed by atoms with van der Waals surface area (Å²) in [6, 6.07) is 3.52. The van der Waals surface area contributed by atoms with Crippen molar-refractivity contribution in [2.45, 2.75) is 48.8 Å². The maximum absolute atomic E-state index is 12.6. The quantitative estimate of drug-likeness (QED) is 0.802. The minimum absolute atomic E-state index is 0.0408. The van der Waals surface area contributed by atoms with E-state index < -0.39 is 17.1 Å². The number of nitrogens with zero attached hydrogens (tertiary/aromatic N) is 1. The van der Waals surface area contributed by atoms with Gasteiger partial charge in [0.25, 0.3) is 0 Å². The highest BCUT2D eigenvalue weighted by atomic mass is 16.5. The van der Waals surface area contributed by atoms with Gasteiger partial charge in [-0.05, 0) is 30.9 Å². The van der Waals surface area contributed by atoms with Gasteiger partial charge in [-0.15, -0.1) is 6.58 Å². The second-order valence-electron chi connectivity index (χ2n) is 7.56. The molecule has 1 spiro atoms. The molecule has 2 aliphatic carbocycles. The summed E-state index contributed by atoms with van der Waals surface area (Å²) in [7, 11) is 0. The third-order valence-electron chi connectivity index (χ3n) is 6.73. The Balaban J connectivity index is 1.80. The number of carbonyl (C=O) groups excluding carboxylic acids is 1. The topological polar surface area (TPSA) is 70.0 Å². The number of hydrogen-bond donors (Lipinski definition) is 2. The lowest BCUT2D eigenvalue weighted by atomic mass is 9.49. The van der Waals surface area contributed by atoms with E-state index >= 15 is 0 Å². The van der Waals surface area contributed by atoms with Crippen molar-refractivity contribution in [3.8, 4) is 11.5 Å². The van der Waals surface area contributed by atoms with Crippen LogP contribution in [0.5, 0.6) is 11.5 Å². The number of benzene rings is 1. The number of aromatic hydroxyl groups is 1. The molecule has 2 fully saturated rings. The highest BCUT2D eigenvalue weighted by Gasteiger charge is 2.72. The van der Waals surface area contributed by atoms with Gasteiger partial charge in [0, 0.05) is 31.1 Å². The summed E-state index contributed by atoms with van der Waals surface area (Å²) in [6.07, 6.45) is 3.35. The SMILES string of the molecule is C=CCN1CC[C@@]23c4c5ccc(O)c4O[C@@H]2C(=O)CC[C@@]3(O)[C@@H]1C5. The third-order valence-corrected chi connectivity index (χ3v) is 6.73. The summed E-state index contributed by atoms with van der Waals surface area (Å²) in [5.41, 5.74) is 0.256. The number of aliphatic hydroxyl groups is 1. The van der Waals surface area contributed by atoms with Crippen LogP contribution in [0.3, 0.4) is 0 Å². The molecule has 1 saturated heterocycles. The third kappa shape index (κ3) is 1.38. The Morgan fingerprint density at radius 1 is 1.42 bits per heavy atom. The van der Waals surface area contributed by atoms with Gasteiger partial charge >= 0.3 is 0 Å². The Morgan fingerprint density at radius 2 is 2.25 bits per heavy atom. The van der Waals surface area contributed by atoms with E-state index in [0.29, 0.717) is 31.4 Å². The number of rotatable bonds is 2. The molecule has 126 valence electrons. The Labute approximate surface area is 140 Å². The summed E-state index contributed by atoms with van der Waals surface area (Å²) in [5, 5.41) is 22.1. The summed E-state index contributed by atoms with van der Waals surface area (Å²) in [5.74, 6) is 0.528. The maximum atomic E-state index is 12.6. The molecule has 2 N–H and O–H groups in total. The van der Waals surface area contributed by atoms with Crippen molar-refractivity contribution in [2.24, 2.45) is 0 Å². The molecule has 2 bridgehead atoms.